The Morgan fingerprint density at radius 3 is 0.716 bits per heavy atom. The number of phosphoric ester groups is 2. The van der Waals surface area contributed by atoms with Crippen molar-refractivity contribution in [1.29, 1.82) is 0 Å². The Kier molecular flexibility index (Phi) is 66.5. The quantitative estimate of drug-likeness (QED) is 0.0222. The summed E-state index contributed by atoms with van der Waals surface area (Å²) in [6, 6.07) is 0. The molecule has 0 aromatic heterocycles. The monoisotopic (exact) mass is 1400 g/mol. The van der Waals surface area contributed by atoms with Gasteiger partial charge in [0.05, 0.1) is 26.4 Å². The molecule has 2 unspecified atom stereocenters. The van der Waals surface area contributed by atoms with E-state index < -0.39 is 97.5 Å². The average Bonchev–Trinajstić information content (AvgIpc) is 2.61. The highest BCUT2D eigenvalue weighted by atomic mass is 31.2. The average molecular weight is 1400 g/mol. The number of hydrogen-bond acceptors (Lipinski definition) is 15. The molecule has 19 heteroatoms. The van der Waals surface area contributed by atoms with Gasteiger partial charge in [0, 0.05) is 25.7 Å². The SMILES string of the molecule is CCCCCCCCCCCCCC(=O)O[C@H](COC(=O)CCCCCCCCCCC)COP(=O)(O)OC[C@H](O)COP(=O)(O)OC[C@@H](COC(=O)CCCCCCCCCCCCCCCC(C)C)OC(=O)CCCCCCCCCCCCCCCCCCC(C)C. The third-order valence-corrected chi connectivity index (χ3v) is 19.6. The molecule has 0 aliphatic rings. The number of carbonyl (C=O) groups excluding carboxylic acids is 4. The van der Waals surface area contributed by atoms with E-state index in [1.54, 1.807) is 0 Å². The van der Waals surface area contributed by atoms with Crippen molar-refractivity contribution in [3.63, 3.8) is 0 Å². The van der Waals surface area contributed by atoms with Crippen molar-refractivity contribution in [3.05, 3.63) is 0 Å². The first kappa shape index (κ1) is 93.1. The highest BCUT2D eigenvalue weighted by molar-refractivity contribution is 7.47. The van der Waals surface area contributed by atoms with Gasteiger partial charge >= 0.3 is 39.5 Å². The van der Waals surface area contributed by atoms with Crippen molar-refractivity contribution in [2.24, 2.45) is 11.8 Å². The first-order chi connectivity index (χ1) is 45.9. The fourth-order valence-corrected chi connectivity index (χ4v) is 13.2. The Balaban J connectivity index is 5.21. The number of rotatable bonds is 75. The first-order valence-electron chi connectivity index (χ1n) is 39.5. The van der Waals surface area contributed by atoms with Gasteiger partial charge in [0.1, 0.15) is 19.3 Å². The van der Waals surface area contributed by atoms with Crippen LogP contribution in [0, 0.1) is 11.8 Å². The van der Waals surface area contributed by atoms with Crippen LogP contribution in [0.4, 0.5) is 0 Å². The molecule has 0 fully saturated rings. The molecule has 0 spiro atoms. The minimum atomic E-state index is -4.96. The number of phosphoric acid groups is 2. The molecule has 0 aromatic carbocycles. The summed E-state index contributed by atoms with van der Waals surface area (Å²) < 4.78 is 68.5. The van der Waals surface area contributed by atoms with Crippen LogP contribution in [0.15, 0.2) is 0 Å². The van der Waals surface area contributed by atoms with Gasteiger partial charge < -0.3 is 33.8 Å². The number of unbranched alkanes of at least 4 members (excludes halogenated alkanes) is 45. The van der Waals surface area contributed by atoms with Crippen molar-refractivity contribution in [1.82, 2.24) is 0 Å². The summed E-state index contributed by atoms with van der Waals surface area (Å²) in [6.07, 6.45) is 55.4. The number of carbonyl (C=O) groups is 4. The van der Waals surface area contributed by atoms with E-state index in [-0.39, 0.29) is 25.7 Å². The molecular formula is C76H148O17P2. The molecule has 0 rings (SSSR count). The van der Waals surface area contributed by atoms with Gasteiger partial charge in [-0.05, 0) is 37.5 Å². The summed E-state index contributed by atoms with van der Waals surface area (Å²) in [5.74, 6) is -0.515. The summed E-state index contributed by atoms with van der Waals surface area (Å²) in [5, 5.41) is 10.6. The second kappa shape index (κ2) is 67.9. The topological polar surface area (TPSA) is 237 Å². The number of aliphatic hydroxyl groups excluding tert-OH is 1. The molecule has 564 valence electrons. The van der Waals surface area contributed by atoms with Gasteiger partial charge in [-0.25, -0.2) is 9.13 Å². The lowest BCUT2D eigenvalue weighted by atomic mass is 10.0. The molecule has 0 heterocycles. The van der Waals surface area contributed by atoms with Crippen molar-refractivity contribution in [3.8, 4) is 0 Å². The standard InChI is InChI=1S/C76H148O17P2/c1-7-9-11-13-15-17-27-36-42-48-54-60-75(80)92-71(64-86-73(78)58-52-46-40-32-16-14-12-10-8-2)66-90-94(82,83)88-62-70(77)63-89-95(84,85)91-67-72(65-87-74(79)59-53-47-41-35-30-26-22-24-29-34-39-45-51-57-69(5)6)93-76(81)61-55-49-43-37-31-25-21-19-18-20-23-28-33-38-44-50-56-68(3)4/h68-72,77H,7-67H2,1-6H3,(H,82,83)(H,84,85)/t70-,71+,72+/m0/s1. The fourth-order valence-electron chi connectivity index (χ4n) is 11.7. The van der Waals surface area contributed by atoms with Crippen LogP contribution in [0.3, 0.4) is 0 Å². The molecule has 5 atom stereocenters. The molecule has 0 saturated carbocycles. The van der Waals surface area contributed by atoms with Crippen molar-refractivity contribution < 1.29 is 80.2 Å². The van der Waals surface area contributed by atoms with Gasteiger partial charge in [-0.15, -0.1) is 0 Å². The summed E-state index contributed by atoms with van der Waals surface area (Å²) in [4.78, 5) is 72.7. The highest BCUT2D eigenvalue weighted by Gasteiger charge is 2.30. The molecule has 0 aliphatic carbocycles. The molecule has 0 bridgehead atoms. The normalized spacial score (nSPS) is 14.0. The van der Waals surface area contributed by atoms with Gasteiger partial charge in [-0.3, -0.25) is 37.3 Å². The zero-order valence-corrected chi connectivity index (χ0v) is 63.8. The van der Waals surface area contributed by atoms with Crippen LogP contribution >= 0.6 is 15.6 Å². The molecule has 0 radical (unpaired) electrons. The van der Waals surface area contributed by atoms with E-state index in [9.17, 15) is 43.2 Å². The molecule has 0 aliphatic heterocycles. The maximum absolute atomic E-state index is 13.1. The Morgan fingerprint density at radius 1 is 0.284 bits per heavy atom. The number of esters is 4. The minimum Gasteiger partial charge on any atom is -0.462 e. The number of ether oxygens (including phenoxy) is 4. The van der Waals surface area contributed by atoms with Gasteiger partial charge in [0.25, 0.3) is 0 Å². The molecular weight excluding hydrogens is 1250 g/mol. The van der Waals surface area contributed by atoms with Gasteiger partial charge in [-0.1, -0.05) is 343 Å². The Hall–Kier alpha value is -1.94. The van der Waals surface area contributed by atoms with Crippen molar-refractivity contribution in [2.45, 2.75) is 413 Å². The summed E-state index contributed by atoms with van der Waals surface area (Å²) in [7, 11) is -9.91. The lowest BCUT2D eigenvalue weighted by Crippen LogP contribution is -2.30. The van der Waals surface area contributed by atoms with Crippen LogP contribution in [-0.4, -0.2) is 96.7 Å². The maximum atomic E-state index is 13.1. The third-order valence-electron chi connectivity index (χ3n) is 17.7. The van der Waals surface area contributed by atoms with Crippen LogP contribution in [0.2, 0.25) is 0 Å². The van der Waals surface area contributed by atoms with Gasteiger partial charge in [0.2, 0.25) is 0 Å². The Morgan fingerprint density at radius 2 is 0.484 bits per heavy atom. The lowest BCUT2D eigenvalue weighted by Gasteiger charge is -2.21. The van der Waals surface area contributed by atoms with Crippen LogP contribution in [0.1, 0.15) is 395 Å². The predicted octanol–water partition coefficient (Wildman–Crippen LogP) is 22.3. The van der Waals surface area contributed by atoms with E-state index >= 15 is 0 Å². The van der Waals surface area contributed by atoms with Crippen LogP contribution in [-0.2, 0) is 65.4 Å². The smallest absolute Gasteiger partial charge is 0.462 e. The Bertz CT molecular complexity index is 1840. The third kappa shape index (κ3) is 70.3. The highest BCUT2D eigenvalue weighted by Crippen LogP contribution is 2.45. The van der Waals surface area contributed by atoms with Gasteiger partial charge in [-0.2, -0.15) is 0 Å². The summed E-state index contributed by atoms with van der Waals surface area (Å²) in [6.45, 7) is 9.63. The molecule has 0 aromatic rings. The van der Waals surface area contributed by atoms with E-state index in [1.165, 1.54) is 212 Å². The van der Waals surface area contributed by atoms with E-state index in [0.29, 0.717) is 25.7 Å². The van der Waals surface area contributed by atoms with Gasteiger partial charge in [0.15, 0.2) is 12.2 Å². The van der Waals surface area contributed by atoms with Crippen LogP contribution in [0.5, 0.6) is 0 Å². The van der Waals surface area contributed by atoms with E-state index in [1.807, 2.05) is 0 Å². The molecule has 3 N–H and O–H groups in total. The second-order valence-corrected chi connectivity index (χ2v) is 31.3. The second-order valence-electron chi connectivity index (χ2n) is 28.3. The van der Waals surface area contributed by atoms with E-state index in [4.69, 9.17) is 37.0 Å². The maximum Gasteiger partial charge on any atom is 0.472 e. The molecule has 95 heavy (non-hydrogen) atoms. The zero-order chi connectivity index (χ0) is 70.0. The largest absolute Gasteiger partial charge is 0.472 e. The van der Waals surface area contributed by atoms with Crippen LogP contribution < -0.4 is 0 Å². The first-order valence-corrected chi connectivity index (χ1v) is 42.5. The Labute approximate surface area is 581 Å². The molecule has 0 amide bonds. The van der Waals surface area contributed by atoms with Crippen molar-refractivity contribution in [2.75, 3.05) is 39.6 Å². The summed E-state index contributed by atoms with van der Waals surface area (Å²) in [5.41, 5.74) is 0. The fraction of sp³-hybridized carbons (Fsp3) is 0.947. The summed E-state index contributed by atoms with van der Waals surface area (Å²) >= 11 is 0. The van der Waals surface area contributed by atoms with E-state index in [2.05, 4.69) is 41.5 Å². The zero-order valence-electron chi connectivity index (χ0n) is 62.0. The van der Waals surface area contributed by atoms with Crippen LogP contribution in [0.25, 0.3) is 0 Å². The van der Waals surface area contributed by atoms with Crippen molar-refractivity contribution >= 4 is 39.5 Å². The van der Waals surface area contributed by atoms with E-state index in [0.717, 1.165) is 102 Å². The predicted molar refractivity (Wildman–Crippen MR) is 386 cm³/mol. The lowest BCUT2D eigenvalue weighted by molar-refractivity contribution is -0.161. The molecule has 0 saturated heterocycles. The number of aliphatic hydroxyl groups is 1. The minimum absolute atomic E-state index is 0.107. The molecule has 17 nitrogen and oxygen atoms in total. The number of hydrogen-bond donors (Lipinski definition) is 3.